The number of hydrogen-bond donors (Lipinski definition) is 2. The molecule has 1 aliphatic carbocycles. The first-order valence-corrected chi connectivity index (χ1v) is 6.23. The van der Waals surface area contributed by atoms with Crippen molar-refractivity contribution in [2.75, 3.05) is 6.61 Å². The fraction of sp³-hybridized carbons (Fsp3) is 1.00. The zero-order chi connectivity index (χ0) is 9.90. The number of sulfonamides is 1. The van der Waals surface area contributed by atoms with E-state index in [2.05, 4.69) is 4.72 Å². The van der Waals surface area contributed by atoms with Crippen LogP contribution >= 0.6 is 0 Å². The third-order valence-corrected chi connectivity index (χ3v) is 4.46. The highest BCUT2D eigenvalue weighted by Crippen LogP contribution is 2.23. The average molecular weight is 207 g/mol. The normalized spacial score (nSPS) is 22.0. The van der Waals surface area contributed by atoms with Gasteiger partial charge in [-0.1, -0.05) is 12.8 Å². The van der Waals surface area contributed by atoms with Crippen molar-refractivity contribution < 1.29 is 13.5 Å². The van der Waals surface area contributed by atoms with Gasteiger partial charge < -0.3 is 5.11 Å². The van der Waals surface area contributed by atoms with Gasteiger partial charge in [0.1, 0.15) is 0 Å². The zero-order valence-corrected chi connectivity index (χ0v) is 8.68. The summed E-state index contributed by atoms with van der Waals surface area (Å²) in [6, 6.07) is -0.370. The molecule has 0 spiro atoms. The summed E-state index contributed by atoms with van der Waals surface area (Å²) < 4.78 is 25.6. The van der Waals surface area contributed by atoms with Gasteiger partial charge in [0.25, 0.3) is 0 Å². The lowest BCUT2D eigenvalue weighted by Crippen LogP contribution is -2.40. The Balaban J connectivity index is 2.54. The van der Waals surface area contributed by atoms with Crippen molar-refractivity contribution >= 4 is 10.0 Å². The molecule has 5 heteroatoms. The molecule has 4 nitrogen and oxygen atoms in total. The predicted octanol–water partition coefficient (Wildman–Crippen LogP) is 0.229. The van der Waals surface area contributed by atoms with Crippen LogP contribution in [0.15, 0.2) is 0 Å². The molecular formula is C8H17NO3S. The Bertz CT molecular complexity index is 244. The molecular weight excluding hydrogens is 190 g/mol. The van der Waals surface area contributed by atoms with Gasteiger partial charge in [-0.3, -0.25) is 0 Å². The van der Waals surface area contributed by atoms with Gasteiger partial charge in [0.2, 0.25) is 10.0 Å². The van der Waals surface area contributed by atoms with Crippen molar-refractivity contribution in [1.29, 1.82) is 0 Å². The van der Waals surface area contributed by atoms with E-state index in [0.717, 1.165) is 25.7 Å². The molecule has 78 valence electrons. The zero-order valence-electron chi connectivity index (χ0n) is 7.86. The van der Waals surface area contributed by atoms with Crippen LogP contribution in [-0.4, -0.2) is 31.4 Å². The molecule has 0 aliphatic heterocycles. The van der Waals surface area contributed by atoms with Crippen molar-refractivity contribution in [3.8, 4) is 0 Å². The highest BCUT2D eigenvalue weighted by molar-refractivity contribution is 7.90. The summed E-state index contributed by atoms with van der Waals surface area (Å²) >= 11 is 0. The van der Waals surface area contributed by atoms with Crippen LogP contribution in [0.1, 0.15) is 32.6 Å². The highest BCUT2D eigenvalue weighted by atomic mass is 32.2. The second kappa shape index (κ2) is 4.39. The SMILES string of the molecule is C[C@H](CO)NS(=O)(=O)C1CCCC1. The van der Waals surface area contributed by atoms with Crippen LogP contribution < -0.4 is 4.72 Å². The van der Waals surface area contributed by atoms with Crippen molar-refractivity contribution in [2.45, 2.75) is 43.9 Å². The van der Waals surface area contributed by atoms with Gasteiger partial charge in [0.15, 0.2) is 0 Å². The lowest BCUT2D eigenvalue weighted by atomic mass is 10.4. The molecule has 2 N–H and O–H groups in total. The smallest absolute Gasteiger partial charge is 0.214 e. The maximum Gasteiger partial charge on any atom is 0.214 e. The molecule has 0 aromatic carbocycles. The van der Waals surface area contributed by atoms with Crippen LogP contribution in [0.4, 0.5) is 0 Å². The fourth-order valence-corrected chi connectivity index (χ4v) is 3.39. The lowest BCUT2D eigenvalue weighted by Gasteiger charge is -2.15. The number of nitrogens with one attached hydrogen (secondary N) is 1. The maximum absolute atomic E-state index is 11.6. The van der Waals surface area contributed by atoms with Gasteiger partial charge >= 0.3 is 0 Å². The van der Waals surface area contributed by atoms with E-state index in [9.17, 15) is 8.42 Å². The van der Waals surface area contributed by atoms with E-state index in [1.54, 1.807) is 6.92 Å². The lowest BCUT2D eigenvalue weighted by molar-refractivity contribution is 0.265. The first kappa shape index (κ1) is 10.9. The molecule has 13 heavy (non-hydrogen) atoms. The molecule has 0 unspecified atom stereocenters. The van der Waals surface area contributed by atoms with E-state index in [1.807, 2.05) is 0 Å². The molecule has 1 saturated carbocycles. The molecule has 1 atom stereocenters. The maximum atomic E-state index is 11.6. The van der Waals surface area contributed by atoms with Gasteiger partial charge in [0, 0.05) is 6.04 Å². The molecule has 0 bridgehead atoms. The van der Waals surface area contributed by atoms with Gasteiger partial charge in [-0.25, -0.2) is 13.1 Å². The molecule has 0 heterocycles. The summed E-state index contributed by atoms with van der Waals surface area (Å²) in [5.74, 6) is 0. The van der Waals surface area contributed by atoms with Crippen LogP contribution in [0.5, 0.6) is 0 Å². The van der Waals surface area contributed by atoms with Crippen LogP contribution in [0.25, 0.3) is 0 Å². The second-order valence-electron chi connectivity index (χ2n) is 3.65. The predicted molar refractivity (Wildman–Crippen MR) is 50.9 cm³/mol. The van der Waals surface area contributed by atoms with Crippen LogP contribution in [0, 0.1) is 0 Å². The fourth-order valence-electron chi connectivity index (χ4n) is 1.61. The molecule has 0 saturated heterocycles. The van der Waals surface area contributed by atoms with Gasteiger partial charge in [-0.05, 0) is 19.8 Å². The van der Waals surface area contributed by atoms with Crippen molar-refractivity contribution in [3.63, 3.8) is 0 Å². The van der Waals surface area contributed by atoms with E-state index < -0.39 is 10.0 Å². The first-order valence-electron chi connectivity index (χ1n) is 4.68. The van der Waals surface area contributed by atoms with Gasteiger partial charge in [-0.2, -0.15) is 0 Å². The monoisotopic (exact) mass is 207 g/mol. The molecule has 0 amide bonds. The summed E-state index contributed by atoms with van der Waals surface area (Å²) in [6.07, 6.45) is 3.51. The third-order valence-electron chi connectivity index (χ3n) is 2.38. The Kier molecular flexibility index (Phi) is 3.70. The number of aliphatic hydroxyl groups is 1. The molecule has 1 aliphatic rings. The largest absolute Gasteiger partial charge is 0.395 e. The Hall–Kier alpha value is -0.130. The Morgan fingerprint density at radius 3 is 2.46 bits per heavy atom. The van der Waals surface area contributed by atoms with Crippen molar-refractivity contribution in [3.05, 3.63) is 0 Å². The van der Waals surface area contributed by atoms with Gasteiger partial charge in [0.05, 0.1) is 11.9 Å². The summed E-state index contributed by atoms with van der Waals surface area (Å²) in [4.78, 5) is 0. The van der Waals surface area contributed by atoms with Crippen LogP contribution in [-0.2, 0) is 10.0 Å². The minimum atomic E-state index is -3.18. The van der Waals surface area contributed by atoms with E-state index in [-0.39, 0.29) is 17.9 Å². The van der Waals surface area contributed by atoms with Crippen molar-refractivity contribution in [2.24, 2.45) is 0 Å². The van der Waals surface area contributed by atoms with E-state index in [0.29, 0.717) is 0 Å². The average Bonchev–Trinajstić information content (AvgIpc) is 2.55. The highest BCUT2D eigenvalue weighted by Gasteiger charge is 2.29. The minimum Gasteiger partial charge on any atom is -0.395 e. The summed E-state index contributed by atoms with van der Waals surface area (Å²) in [5, 5.41) is 8.48. The van der Waals surface area contributed by atoms with E-state index in [4.69, 9.17) is 5.11 Å². The third kappa shape index (κ3) is 2.93. The van der Waals surface area contributed by atoms with E-state index in [1.165, 1.54) is 0 Å². The quantitative estimate of drug-likeness (QED) is 0.693. The first-order chi connectivity index (χ1) is 6.06. The number of aliphatic hydroxyl groups excluding tert-OH is 1. The molecule has 0 aromatic heterocycles. The molecule has 1 rings (SSSR count). The summed E-state index contributed by atoms with van der Waals surface area (Å²) in [5.41, 5.74) is 0. The Labute approximate surface area is 79.4 Å². The number of hydrogen-bond acceptors (Lipinski definition) is 3. The molecule has 1 fully saturated rings. The summed E-state index contributed by atoms with van der Waals surface area (Å²) in [6.45, 7) is 1.51. The molecule has 0 aromatic rings. The Morgan fingerprint density at radius 2 is 2.00 bits per heavy atom. The Morgan fingerprint density at radius 1 is 1.46 bits per heavy atom. The van der Waals surface area contributed by atoms with Crippen LogP contribution in [0.2, 0.25) is 0 Å². The van der Waals surface area contributed by atoms with Crippen LogP contribution in [0.3, 0.4) is 0 Å². The standard InChI is InChI=1S/C8H17NO3S/c1-7(6-10)9-13(11,12)8-4-2-3-5-8/h7-10H,2-6H2,1H3/t7-/m1/s1. The number of rotatable bonds is 4. The van der Waals surface area contributed by atoms with Crippen molar-refractivity contribution in [1.82, 2.24) is 4.72 Å². The van der Waals surface area contributed by atoms with Gasteiger partial charge in [-0.15, -0.1) is 0 Å². The molecule has 0 radical (unpaired) electrons. The second-order valence-corrected chi connectivity index (χ2v) is 5.65. The minimum absolute atomic E-state index is 0.147. The topological polar surface area (TPSA) is 66.4 Å². The van der Waals surface area contributed by atoms with E-state index >= 15 is 0 Å². The summed E-state index contributed by atoms with van der Waals surface area (Å²) in [7, 11) is -3.18.